The second-order valence-corrected chi connectivity index (χ2v) is 6.07. The number of carbonyl (C=O) groups excluding carboxylic acids is 1. The lowest BCUT2D eigenvalue weighted by Gasteiger charge is -2.07. The van der Waals surface area contributed by atoms with Crippen molar-refractivity contribution < 1.29 is 9.32 Å². The summed E-state index contributed by atoms with van der Waals surface area (Å²) in [4.78, 5) is 12.7. The first-order valence-corrected chi connectivity index (χ1v) is 8.06. The van der Waals surface area contributed by atoms with E-state index < -0.39 is 0 Å². The van der Waals surface area contributed by atoms with E-state index in [9.17, 15) is 4.79 Å². The molecule has 6 nitrogen and oxygen atoms in total. The van der Waals surface area contributed by atoms with E-state index in [2.05, 4.69) is 15.6 Å². The lowest BCUT2D eigenvalue weighted by atomic mass is 10.2. The molecule has 1 fully saturated rings. The number of amides is 1. The predicted molar refractivity (Wildman–Crippen MR) is 87.9 cm³/mol. The van der Waals surface area contributed by atoms with Crippen LogP contribution in [-0.4, -0.2) is 20.8 Å². The highest BCUT2D eigenvalue weighted by Crippen LogP contribution is 2.39. The first kappa shape index (κ1) is 14.7. The van der Waals surface area contributed by atoms with E-state index in [1.54, 1.807) is 10.9 Å². The van der Waals surface area contributed by atoms with Crippen LogP contribution in [0.3, 0.4) is 0 Å². The van der Waals surface area contributed by atoms with Gasteiger partial charge in [0.1, 0.15) is 11.5 Å². The van der Waals surface area contributed by atoms with Crippen LogP contribution in [0.4, 0.5) is 0 Å². The second-order valence-electron chi connectivity index (χ2n) is 6.07. The molecule has 1 aliphatic carbocycles. The topological polar surface area (TPSA) is 73.0 Å². The largest absolute Gasteiger partial charge is 0.361 e. The van der Waals surface area contributed by atoms with Crippen LogP contribution in [0, 0.1) is 6.92 Å². The van der Waals surface area contributed by atoms with Gasteiger partial charge in [-0.3, -0.25) is 4.79 Å². The summed E-state index contributed by atoms with van der Waals surface area (Å²) in [6, 6.07) is 11.6. The van der Waals surface area contributed by atoms with E-state index in [0.717, 1.165) is 29.8 Å². The van der Waals surface area contributed by atoms with Gasteiger partial charge in [0.05, 0.1) is 17.6 Å². The SMILES string of the molecule is Cc1oncc1CNC(=O)c1cc(C2CC2)nn1-c1ccccc1. The van der Waals surface area contributed by atoms with Crippen molar-refractivity contribution in [3.63, 3.8) is 0 Å². The zero-order chi connectivity index (χ0) is 16.5. The van der Waals surface area contributed by atoms with E-state index >= 15 is 0 Å². The van der Waals surface area contributed by atoms with Gasteiger partial charge in [0.2, 0.25) is 0 Å². The molecule has 1 amide bonds. The van der Waals surface area contributed by atoms with E-state index in [0.29, 0.717) is 23.9 Å². The molecule has 1 aromatic carbocycles. The van der Waals surface area contributed by atoms with Crippen LogP contribution < -0.4 is 5.32 Å². The van der Waals surface area contributed by atoms with Crippen LogP contribution in [0.1, 0.15) is 46.3 Å². The average Bonchev–Trinajstić information content (AvgIpc) is 3.23. The molecule has 0 saturated heterocycles. The van der Waals surface area contributed by atoms with Crippen LogP contribution in [-0.2, 0) is 6.54 Å². The molecule has 0 spiro atoms. The highest BCUT2D eigenvalue weighted by Gasteiger charge is 2.29. The molecule has 3 aromatic rings. The Labute approximate surface area is 139 Å². The summed E-state index contributed by atoms with van der Waals surface area (Å²) in [5.74, 6) is 1.05. The normalized spacial score (nSPS) is 13.9. The van der Waals surface area contributed by atoms with Crippen molar-refractivity contribution in [2.24, 2.45) is 0 Å². The summed E-state index contributed by atoms with van der Waals surface area (Å²) < 4.78 is 6.75. The molecule has 0 radical (unpaired) electrons. The van der Waals surface area contributed by atoms with Crippen molar-refractivity contribution in [3.05, 3.63) is 65.3 Å². The predicted octanol–water partition coefficient (Wildman–Crippen LogP) is 2.98. The molecular weight excluding hydrogens is 304 g/mol. The van der Waals surface area contributed by atoms with Crippen LogP contribution >= 0.6 is 0 Å². The fraction of sp³-hybridized carbons (Fsp3) is 0.278. The summed E-state index contributed by atoms with van der Waals surface area (Å²) in [6.45, 7) is 2.21. The first-order valence-electron chi connectivity index (χ1n) is 8.06. The van der Waals surface area contributed by atoms with Crippen molar-refractivity contribution in [2.75, 3.05) is 0 Å². The molecule has 1 N–H and O–H groups in total. The monoisotopic (exact) mass is 322 g/mol. The highest BCUT2D eigenvalue weighted by atomic mass is 16.5. The third-order valence-corrected chi connectivity index (χ3v) is 4.25. The molecule has 1 saturated carbocycles. The van der Waals surface area contributed by atoms with Crippen molar-refractivity contribution in [2.45, 2.75) is 32.2 Å². The lowest BCUT2D eigenvalue weighted by molar-refractivity contribution is 0.0943. The Morgan fingerprint density at radius 1 is 1.33 bits per heavy atom. The Kier molecular flexibility index (Phi) is 3.65. The van der Waals surface area contributed by atoms with Gasteiger partial charge in [-0.15, -0.1) is 0 Å². The van der Waals surface area contributed by atoms with Gasteiger partial charge >= 0.3 is 0 Å². The lowest BCUT2D eigenvalue weighted by Crippen LogP contribution is -2.25. The number of aryl methyl sites for hydroxylation is 1. The van der Waals surface area contributed by atoms with Gasteiger partial charge in [-0.05, 0) is 38.0 Å². The molecule has 1 aliphatic rings. The Hall–Kier alpha value is -2.89. The summed E-state index contributed by atoms with van der Waals surface area (Å²) in [7, 11) is 0. The summed E-state index contributed by atoms with van der Waals surface area (Å²) >= 11 is 0. The molecule has 0 bridgehead atoms. The molecule has 0 atom stereocenters. The molecule has 6 heteroatoms. The number of hydrogen-bond donors (Lipinski definition) is 1. The Bertz CT molecular complexity index is 862. The Morgan fingerprint density at radius 2 is 2.12 bits per heavy atom. The standard InChI is InChI=1S/C18H18N4O2/c1-12-14(11-20-24-12)10-19-18(23)17-9-16(13-7-8-13)21-22(17)15-5-3-2-4-6-15/h2-6,9,11,13H,7-8,10H2,1H3,(H,19,23). The van der Waals surface area contributed by atoms with Gasteiger partial charge in [-0.25, -0.2) is 4.68 Å². The molecule has 4 rings (SSSR count). The Morgan fingerprint density at radius 3 is 2.79 bits per heavy atom. The van der Waals surface area contributed by atoms with Crippen LogP contribution in [0.5, 0.6) is 0 Å². The molecule has 122 valence electrons. The number of aromatic nitrogens is 3. The van der Waals surface area contributed by atoms with Crippen LogP contribution in [0.15, 0.2) is 47.1 Å². The zero-order valence-corrected chi connectivity index (χ0v) is 13.4. The molecule has 2 heterocycles. The van der Waals surface area contributed by atoms with Crippen molar-refractivity contribution in [3.8, 4) is 5.69 Å². The maximum Gasteiger partial charge on any atom is 0.270 e. The molecule has 0 unspecified atom stereocenters. The number of nitrogens with zero attached hydrogens (tertiary/aromatic N) is 3. The number of benzene rings is 1. The number of para-hydroxylation sites is 1. The smallest absolute Gasteiger partial charge is 0.270 e. The highest BCUT2D eigenvalue weighted by molar-refractivity contribution is 5.93. The fourth-order valence-corrected chi connectivity index (χ4v) is 2.66. The third-order valence-electron chi connectivity index (χ3n) is 4.25. The maximum absolute atomic E-state index is 12.7. The van der Waals surface area contributed by atoms with E-state index in [1.165, 1.54) is 0 Å². The number of hydrogen-bond acceptors (Lipinski definition) is 4. The van der Waals surface area contributed by atoms with Crippen molar-refractivity contribution in [1.29, 1.82) is 0 Å². The molecule has 2 aromatic heterocycles. The zero-order valence-electron chi connectivity index (χ0n) is 13.4. The van der Waals surface area contributed by atoms with Crippen LogP contribution in [0.25, 0.3) is 5.69 Å². The fourth-order valence-electron chi connectivity index (χ4n) is 2.66. The van der Waals surface area contributed by atoms with Gasteiger partial charge in [-0.2, -0.15) is 5.10 Å². The van der Waals surface area contributed by atoms with E-state index in [-0.39, 0.29) is 5.91 Å². The quantitative estimate of drug-likeness (QED) is 0.784. The van der Waals surface area contributed by atoms with Gasteiger partial charge in [0, 0.05) is 18.0 Å². The van der Waals surface area contributed by atoms with E-state index in [4.69, 9.17) is 4.52 Å². The van der Waals surface area contributed by atoms with Gasteiger partial charge in [-0.1, -0.05) is 23.4 Å². The summed E-state index contributed by atoms with van der Waals surface area (Å²) in [5, 5.41) is 11.3. The molecule has 0 aliphatic heterocycles. The number of rotatable bonds is 5. The number of nitrogens with one attached hydrogen (secondary N) is 1. The first-order chi connectivity index (χ1) is 11.7. The van der Waals surface area contributed by atoms with Gasteiger partial charge in [0.25, 0.3) is 5.91 Å². The van der Waals surface area contributed by atoms with Crippen LogP contribution in [0.2, 0.25) is 0 Å². The molecule has 24 heavy (non-hydrogen) atoms. The van der Waals surface area contributed by atoms with Crippen molar-refractivity contribution >= 4 is 5.91 Å². The minimum Gasteiger partial charge on any atom is -0.361 e. The minimum absolute atomic E-state index is 0.154. The van der Waals surface area contributed by atoms with Gasteiger partial charge < -0.3 is 9.84 Å². The minimum atomic E-state index is -0.154. The van der Waals surface area contributed by atoms with E-state index in [1.807, 2.05) is 43.3 Å². The summed E-state index contributed by atoms with van der Waals surface area (Å²) in [6.07, 6.45) is 3.92. The molecular formula is C18H18N4O2. The number of carbonyl (C=O) groups is 1. The average molecular weight is 322 g/mol. The maximum atomic E-state index is 12.7. The summed E-state index contributed by atoms with van der Waals surface area (Å²) in [5.41, 5.74) is 3.30. The third kappa shape index (κ3) is 2.82. The van der Waals surface area contributed by atoms with Gasteiger partial charge in [0.15, 0.2) is 0 Å². The van der Waals surface area contributed by atoms with Crippen molar-refractivity contribution in [1.82, 2.24) is 20.3 Å². The Balaban J connectivity index is 1.61. The second kappa shape index (κ2) is 5.96.